The van der Waals surface area contributed by atoms with Crippen LogP contribution < -0.4 is 10.1 Å². The fourth-order valence-corrected chi connectivity index (χ4v) is 4.27. The Morgan fingerprint density at radius 1 is 1.05 bits per heavy atom. The smallest absolute Gasteiger partial charge is 0.404 e. The molecule has 0 unspecified atom stereocenters. The third-order valence-electron chi connectivity index (χ3n) is 6.59. The number of piperazine rings is 1. The highest BCUT2D eigenvalue weighted by Gasteiger charge is 2.33. The van der Waals surface area contributed by atoms with Gasteiger partial charge in [0.25, 0.3) is 0 Å². The summed E-state index contributed by atoms with van der Waals surface area (Å²) in [7, 11) is 1.97. The van der Waals surface area contributed by atoms with Gasteiger partial charge in [-0.25, -0.2) is 4.39 Å². The molecule has 1 amide bonds. The molecule has 2 heterocycles. The highest BCUT2D eigenvalue weighted by Crippen LogP contribution is 2.32. The molecule has 0 saturated carbocycles. The maximum atomic E-state index is 14.0. The van der Waals surface area contributed by atoms with Crippen molar-refractivity contribution in [3.63, 3.8) is 0 Å². The number of hydrogen-bond donors (Lipinski definition) is 1. The standard InChI is InChI=1S/C28H28F4N4O3/c1-18(36-13-11-35(2)12-14-36)27(38)34-24-16-20(8-10-26(24)39-28(30,31)32)25(37)15-19-7-9-23(33-17-19)21-5-3-4-6-22(21)29/h3-10,16-18H,11-15H2,1-2H3,(H,34,38)/t18-/m1/s1. The zero-order chi connectivity index (χ0) is 28.2. The summed E-state index contributed by atoms with van der Waals surface area (Å²) in [6.45, 7) is 4.48. The molecular weight excluding hydrogens is 516 g/mol. The first-order valence-electron chi connectivity index (χ1n) is 12.4. The van der Waals surface area contributed by atoms with Crippen molar-refractivity contribution < 1.29 is 31.9 Å². The molecule has 0 spiro atoms. The van der Waals surface area contributed by atoms with Crippen molar-refractivity contribution in [1.82, 2.24) is 14.8 Å². The largest absolute Gasteiger partial charge is 0.573 e. The molecular formula is C28H28F4N4O3. The molecule has 206 valence electrons. The molecule has 2 aromatic carbocycles. The van der Waals surface area contributed by atoms with E-state index in [2.05, 4.69) is 19.9 Å². The van der Waals surface area contributed by atoms with E-state index < -0.39 is 35.7 Å². The van der Waals surface area contributed by atoms with E-state index in [0.717, 1.165) is 19.2 Å². The first-order chi connectivity index (χ1) is 18.5. The topological polar surface area (TPSA) is 74.8 Å². The third-order valence-corrected chi connectivity index (χ3v) is 6.59. The Labute approximate surface area is 223 Å². The molecule has 1 atom stereocenters. The van der Waals surface area contributed by atoms with Crippen LogP contribution in [0.25, 0.3) is 11.3 Å². The number of halogens is 4. The predicted octanol–water partition coefficient (Wildman–Crippen LogP) is 4.79. The summed E-state index contributed by atoms with van der Waals surface area (Å²) in [6, 6.07) is 12.2. The minimum atomic E-state index is -4.99. The molecule has 1 aliphatic rings. The molecule has 11 heteroatoms. The lowest BCUT2D eigenvalue weighted by molar-refractivity contribution is -0.274. The van der Waals surface area contributed by atoms with Gasteiger partial charge in [-0.3, -0.25) is 19.5 Å². The Kier molecular flexibility index (Phi) is 8.61. The number of ketones is 1. The molecule has 1 N–H and O–H groups in total. The van der Waals surface area contributed by atoms with E-state index in [-0.39, 0.29) is 17.7 Å². The van der Waals surface area contributed by atoms with Gasteiger partial charge in [0.05, 0.1) is 17.4 Å². The van der Waals surface area contributed by atoms with Crippen molar-refractivity contribution >= 4 is 17.4 Å². The molecule has 3 aromatic rings. The second-order valence-electron chi connectivity index (χ2n) is 9.39. The molecule has 0 bridgehead atoms. The highest BCUT2D eigenvalue weighted by molar-refractivity contribution is 6.01. The van der Waals surface area contributed by atoms with Crippen LogP contribution in [0.5, 0.6) is 5.75 Å². The van der Waals surface area contributed by atoms with E-state index in [4.69, 9.17) is 0 Å². The number of carbonyl (C=O) groups is 2. The van der Waals surface area contributed by atoms with Crippen molar-refractivity contribution in [2.45, 2.75) is 25.7 Å². The molecule has 0 radical (unpaired) electrons. The van der Waals surface area contributed by atoms with Gasteiger partial charge in [-0.2, -0.15) is 0 Å². The molecule has 1 aliphatic heterocycles. The lowest BCUT2D eigenvalue weighted by Crippen LogP contribution is -2.51. The number of carbonyl (C=O) groups excluding carboxylic acids is 2. The summed E-state index contributed by atoms with van der Waals surface area (Å²) in [4.78, 5) is 34.2. The lowest BCUT2D eigenvalue weighted by atomic mass is 10.0. The lowest BCUT2D eigenvalue weighted by Gasteiger charge is -2.35. The van der Waals surface area contributed by atoms with Crippen LogP contribution in [0.2, 0.25) is 0 Å². The van der Waals surface area contributed by atoms with Gasteiger partial charge in [-0.05, 0) is 55.9 Å². The number of likely N-dealkylation sites (N-methyl/N-ethyl adjacent to an activating group) is 1. The quantitative estimate of drug-likeness (QED) is 0.325. The number of Topliss-reactive ketones (excluding diaryl/α,β-unsaturated/α-hetero) is 1. The number of alkyl halides is 3. The maximum Gasteiger partial charge on any atom is 0.573 e. The number of anilines is 1. The number of aromatic nitrogens is 1. The fraction of sp³-hybridized carbons (Fsp3) is 0.321. The van der Waals surface area contributed by atoms with E-state index in [1.807, 2.05) is 11.9 Å². The molecule has 1 saturated heterocycles. The van der Waals surface area contributed by atoms with Crippen LogP contribution in [0.15, 0.2) is 60.8 Å². The van der Waals surface area contributed by atoms with E-state index in [9.17, 15) is 27.2 Å². The number of nitrogens with one attached hydrogen (secondary N) is 1. The number of amides is 1. The molecule has 1 fully saturated rings. The van der Waals surface area contributed by atoms with Crippen molar-refractivity contribution in [1.29, 1.82) is 0 Å². The van der Waals surface area contributed by atoms with Gasteiger partial charge in [0.15, 0.2) is 11.5 Å². The monoisotopic (exact) mass is 544 g/mol. The van der Waals surface area contributed by atoms with Crippen LogP contribution in [0, 0.1) is 5.82 Å². The SMILES string of the molecule is C[C@H](C(=O)Nc1cc(C(=O)Cc2ccc(-c3ccccc3F)nc2)ccc1OC(F)(F)F)N1CCN(C)CC1. The summed E-state index contributed by atoms with van der Waals surface area (Å²) in [5.74, 6) is -1.96. The number of ether oxygens (including phenoxy) is 1. The summed E-state index contributed by atoms with van der Waals surface area (Å²) in [6.07, 6.45) is -3.64. The van der Waals surface area contributed by atoms with Crippen LogP contribution in [0.1, 0.15) is 22.8 Å². The predicted molar refractivity (Wildman–Crippen MR) is 138 cm³/mol. The van der Waals surface area contributed by atoms with E-state index in [1.165, 1.54) is 24.4 Å². The highest BCUT2D eigenvalue weighted by atomic mass is 19.4. The molecule has 4 rings (SSSR count). The summed E-state index contributed by atoms with van der Waals surface area (Å²) < 4.78 is 57.2. The van der Waals surface area contributed by atoms with Crippen molar-refractivity contribution in [2.24, 2.45) is 0 Å². The van der Waals surface area contributed by atoms with E-state index in [0.29, 0.717) is 29.9 Å². The minimum absolute atomic E-state index is 0.0882. The van der Waals surface area contributed by atoms with E-state index in [1.54, 1.807) is 37.3 Å². The average molecular weight is 545 g/mol. The zero-order valence-electron chi connectivity index (χ0n) is 21.5. The van der Waals surface area contributed by atoms with Crippen LogP contribution in [-0.4, -0.2) is 72.1 Å². The van der Waals surface area contributed by atoms with Crippen LogP contribution >= 0.6 is 0 Å². The van der Waals surface area contributed by atoms with Gasteiger partial charge in [0, 0.05) is 49.9 Å². The summed E-state index contributed by atoms with van der Waals surface area (Å²) in [5, 5.41) is 2.51. The van der Waals surface area contributed by atoms with Gasteiger partial charge in [0.2, 0.25) is 5.91 Å². The van der Waals surface area contributed by atoms with E-state index >= 15 is 0 Å². The molecule has 39 heavy (non-hydrogen) atoms. The number of pyridine rings is 1. The number of benzene rings is 2. The second-order valence-corrected chi connectivity index (χ2v) is 9.39. The fourth-order valence-electron chi connectivity index (χ4n) is 4.27. The number of rotatable bonds is 8. The first kappa shape index (κ1) is 28.2. The number of nitrogens with zero attached hydrogens (tertiary/aromatic N) is 3. The molecule has 0 aliphatic carbocycles. The van der Waals surface area contributed by atoms with Gasteiger partial charge >= 0.3 is 6.36 Å². The normalized spacial score (nSPS) is 15.5. The third kappa shape index (κ3) is 7.39. The van der Waals surface area contributed by atoms with Gasteiger partial charge < -0.3 is 15.0 Å². The Morgan fingerprint density at radius 2 is 1.77 bits per heavy atom. The van der Waals surface area contributed by atoms with Crippen LogP contribution in [-0.2, 0) is 11.2 Å². The van der Waals surface area contributed by atoms with Crippen molar-refractivity contribution in [3.05, 3.63) is 77.7 Å². The Morgan fingerprint density at radius 3 is 2.41 bits per heavy atom. The Balaban J connectivity index is 1.51. The molecule has 7 nitrogen and oxygen atoms in total. The Bertz CT molecular complexity index is 1320. The summed E-state index contributed by atoms with van der Waals surface area (Å²) in [5.41, 5.74) is 1.09. The first-order valence-corrected chi connectivity index (χ1v) is 12.4. The van der Waals surface area contributed by atoms with Gasteiger partial charge in [-0.1, -0.05) is 18.2 Å². The number of hydrogen-bond acceptors (Lipinski definition) is 6. The minimum Gasteiger partial charge on any atom is -0.404 e. The maximum absolute atomic E-state index is 14.0. The van der Waals surface area contributed by atoms with Gasteiger partial charge in [-0.15, -0.1) is 13.2 Å². The van der Waals surface area contributed by atoms with Gasteiger partial charge in [0.1, 0.15) is 5.82 Å². The van der Waals surface area contributed by atoms with Crippen molar-refractivity contribution in [2.75, 3.05) is 38.5 Å². The second kappa shape index (κ2) is 11.9. The van der Waals surface area contributed by atoms with Crippen LogP contribution in [0.4, 0.5) is 23.2 Å². The van der Waals surface area contributed by atoms with Crippen LogP contribution in [0.3, 0.4) is 0 Å². The van der Waals surface area contributed by atoms with Crippen molar-refractivity contribution in [3.8, 4) is 17.0 Å². The zero-order valence-corrected chi connectivity index (χ0v) is 21.5. The average Bonchev–Trinajstić information content (AvgIpc) is 2.89. The Hall–Kier alpha value is -3.83. The molecule has 1 aromatic heterocycles. The summed E-state index contributed by atoms with van der Waals surface area (Å²) >= 11 is 0.